The van der Waals surface area contributed by atoms with E-state index in [0.717, 1.165) is 23.4 Å². The Balaban J connectivity index is 2.21. The van der Waals surface area contributed by atoms with E-state index in [9.17, 15) is 0 Å². The van der Waals surface area contributed by atoms with E-state index < -0.39 is 0 Å². The van der Waals surface area contributed by atoms with Crippen LogP contribution in [0.5, 0.6) is 0 Å². The Morgan fingerprint density at radius 1 is 1.11 bits per heavy atom. The Bertz CT molecular complexity index is 573. The topological polar surface area (TPSA) is 53.1 Å². The number of rotatable bonds is 4. The molecule has 2 rings (SSSR count). The number of nitrogen functional groups attached to an aromatic ring is 1. The molecule has 0 spiro atoms. The molecular weight excluding hydrogens is 234 g/mol. The molecule has 0 fully saturated rings. The Labute approximate surface area is 114 Å². The Morgan fingerprint density at radius 3 is 2.37 bits per heavy atom. The van der Waals surface area contributed by atoms with Crippen LogP contribution in [0.3, 0.4) is 0 Å². The molecular formula is C16H19N3. The summed E-state index contributed by atoms with van der Waals surface area (Å²) in [6, 6.07) is 16.2. The smallest absolute Gasteiger partial charge is 0.123 e. The molecule has 0 atom stereocenters. The second kappa shape index (κ2) is 5.57. The van der Waals surface area contributed by atoms with Crippen molar-refractivity contribution in [3.63, 3.8) is 0 Å². The van der Waals surface area contributed by atoms with Crippen molar-refractivity contribution in [1.82, 2.24) is 0 Å². The highest BCUT2D eigenvalue weighted by Gasteiger charge is 2.07. The van der Waals surface area contributed by atoms with Crippen LogP contribution in [0.1, 0.15) is 16.7 Å². The quantitative estimate of drug-likeness (QED) is 0.650. The first-order valence-electron chi connectivity index (χ1n) is 6.28. The molecule has 0 saturated carbocycles. The van der Waals surface area contributed by atoms with Crippen molar-refractivity contribution in [1.29, 1.82) is 5.41 Å². The van der Waals surface area contributed by atoms with Crippen LogP contribution in [-0.4, -0.2) is 12.9 Å². The summed E-state index contributed by atoms with van der Waals surface area (Å²) in [5.41, 5.74) is 9.90. The largest absolute Gasteiger partial charge is 0.384 e. The average Bonchev–Trinajstić information content (AvgIpc) is 2.39. The van der Waals surface area contributed by atoms with Gasteiger partial charge in [0.15, 0.2) is 0 Å². The molecule has 0 aliphatic heterocycles. The lowest BCUT2D eigenvalue weighted by molar-refractivity contribution is 0.920. The van der Waals surface area contributed by atoms with Crippen molar-refractivity contribution in [3.8, 4) is 0 Å². The third-order valence-corrected chi connectivity index (χ3v) is 3.19. The first-order valence-corrected chi connectivity index (χ1v) is 6.28. The molecule has 98 valence electrons. The summed E-state index contributed by atoms with van der Waals surface area (Å²) in [5.74, 6) is 0.118. The molecule has 0 bridgehead atoms. The van der Waals surface area contributed by atoms with Gasteiger partial charge in [0.2, 0.25) is 0 Å². The van der Waals surface area contributed by atoms with E-state index in [2.05, 4.69) is 36.1 Å². The monoisotopic (exact) mass is 253 g/mol. The highest BCUT2D eigenvalue weighted by Crippen LogP contribution is 2.18. The fourth-order valence-corrected chi connectivity index (χ4v) is 2.07. The minimum absolute atomic E-state index is 0.118. The summed E-state index contributed by atoms with van der Waals surface area (Å²) >= 11 is 0. The van der Waals surface area contributed by atoms with E-state index in [-0.39, 0.29) is 5.84 Å². The Hall–Kier alpha value is -2.29. The number of aryl methyl sites for hydroxylation is 1. The maximum Gasteiger partial charge on any atom is 0.123 e. The molecule has 0 saturated heterocycles. The molecule has 3 heteroatoms. The zero-order chi connectivity index (χ0) is 13.8. The van der Waals surface area contributed by atoms with Gasteiger partial charge in [0.25, 0.3) is 0 Å². The summed E-state index contributed by atoms with van der Waals surface area (Å²) in [4.78, 5) is 2.15. The molecule has 0 aliphatic rings. The maximum atomic E-state index is 7.61. The number of hydrogen-bond acceptors (Lipinski definition) is 2. The van der Waals surface area contributed by atoms with Gasteiger partial charge in [-0.1, -0.05) is 42.0 Å². The number of benzene rings is 2. The molecule has 0 aliphatic carbocycles. The van der Waals surface area contributed by atoms with Crippen LogP contribution >= 0.6 is 0 Å². The lowest BCUT2D eigenvalue weighted by atomic mass is 10.1. The van der Waals surface area contributed by atoms with Gasteiger partial charge in [-0.25, -0.2) is 0 Å². The van der Waals surface area contributed by atoms with Gasteiger partial charge in [-0.3, -0.25) is 5.41 Å². The lowest BCUT2D eigenvalue weighted by Crippen LogP contribution is -2.20. The van der Waals surface area contributed by atoms with E-state index in [1.54, 1.807) is 0 Å². The first-order chi connectivity index (χ1) is 9.08. The van der Waals surface area contributed by atoms with Gasteiger partial charge in [0.05, 0.1) is 0 Å². The Morgan fingerprint density at radius 2 is 1.74 bits per heavy atom. The summed E-state index contributed by atoms with van der Waals surface area (Å²) in [5, 5.41) is 7.61. The van der Waals surface area contributed by atoms with Crippen molar-refractivity contribution < 1.29 is 0 Å². The van der Waals surface area contributed by atoms with E-state index in [1.807, 2.05) is 31.3 Å². The highest BCUT2D eigenvalue weighted by molar-refractivity contribution is 5.96. The number of hydrogen-bond donors (Lipinski definition) is 2. The molecule has 0 aromatic heterocycles. The van der Waals surface area contributed by atoms with Crippen LogP contribution in [0, 0.1) is 12.3 Å². The highest BCUT2D eigenvalue weighted by atomic mass is 15.1. The molecule has 2 aromatic rings. The zero-order valence-corrected chi connectivity index (χ0v) is 11.4. The van der Waals surface area contributed by atoms with Crippen LogP contribution in [0.25, 0.3) is 0 Å². The normalized spacial score (nSPS) is 10.2. The van der Waals surface area contributed by atoms with E-state index in [1.165, 1.54) is 5.56 Å². The van der Waals surface area contributed by atoms with Crippen LogP contribution in [-0.2, 0) is 6.54 Å². The van der Waals surface area contributed by atoms with Gasteiger partial charge in [-0.2, -0.15) is 0 Å². The number of nitrogens with two attached hydrogens (primary N) is 1. The van der Waals surface area contributed by atoms with Gasteiger partial charge < -0.3 is 10.6 Å². The fourth-order valence-electron chi connectivity index (χ4n) is 2.07. The zero-order valence-electron chi connectivity index (χ0n) is 11.4. The van der Waals surface area contributed by atoms with E-state index in [4.69, 9.17) is 11.1 Å². The molecule has 0 amide bonds. The third kappa shape index (κ3) is 3.13. The van der Waals surface area contributed by atoms with Crippen molar-refractivity contribution >= 4 is 11.5 Å². The summed E-state index contributed by atoms with van der Waals surface area (Å²) in [6.45, 7) is 2.81. The van der Waals surface area contributed by atoms with Crippen LogP contribution < -0.4 is 10.6 Å². The minimum atomic E-state index is 0.118. The van der Waals surface area contributed by atoms with Crippen molar-refractivity contribution in [2.75, 3.05) is 11.9 Å². The SMILES string of the molecule is Cc1ccc(N(C)Cc2ccccc2C(=N)N)cc1. The maximum absolute atomic E-state index is 7.61. The molecule has 0 heterocycles. The standard InChI is InChI=1S/C16H19N3/c1-12-7-9-14(10-8-12)19(2)11-13-5-3-4-6-15(13)16(17)18/h3-10H,11H2,1-2H3,(H3,17,18). The number of nitrogens with zero attached hydrogens (tertiary/aromatic N) is 1. The van der Waals surface area contributed by atoms with Gasteiger partial charge in [-0.15, -0.1) is 0 Å². The Kier molecular flexibility index (Phi) is 3.85. The predicted molar refractivity (Wildman–Crippen MR) is 80.7 cm³/mol. The van der Waals surface area contributed by atoms with Crippen molar-refractivity contribution in [2.24, 2.45) is 5.73 Å². The van der Waals surface area contributed by atoms with E-state index >= 15 is 0 Å². The summed E-state index contributed by atoms with van der Waals surface area (Å²) in [7, 11) is 2.04. The van der Waals surface area contributed by atoms with Gasteiger partial charge in [0, 0.05) is 24.8 Å². The fraction of sp³-hybridized carbons (Fsp3) is 0.188. The number of anilines is 1. The second-order valence-electron chi connectivity index (χ2n) is 4.76. The van der Waals surface area contributed by atoms with Gasteiger partial charge in [-0.05, 0) is 24.6 Å². The second-order valence-corrected chi connectivity index (χ2v) is 4.76. The first kappa shape index (κ1) is 13.1. The molecule has 0 radical (unpaired) electrons. The molecule has 3 nitrogen and oxygen atoms in total. The number of nitrogens with one attached hydrogen (secondary N) is 1. The van der Waals surface area contributed by atoms with E-state index in [0.29, 0.717) is 0 Å². The van der Waals surface area contributed by atoms with Gasteiger partial charge >= 0.3 is 0 Å². The molecule has 19 heavy (non-hydrogen) atoms. The molecule has 0 unspecified atom stereocenters. The summed E-state index contributed by atoms with van der Waals surface area (Å²) in [6.07, 6.45) is 0. The minimum Gasteiger partial charge on any atom is -0.384 e. The van der Waals surface area contributed by atoms with Gasteiger partial charge in [0.1, 0.15) is 5.84 Å². The molecule has 2 aromatic carbocycles. The van der Waals surface area contributed by atoms with Crippen LogP contribution in [0.15, 0.2) is 48.5 Å². The van der Waals surface area contributed by atoms with Crippen molar-refractivity contribution in [2.45, 2.75) is 13.5 Å². The summed E-state index contributed by atoms with van der Waals surface area (Å²) < 4.78 is 0. The molecule has 3 N–H and O–H groups in total. The average molecular weight is 253 g/mol. The van der Waals surface area contributed by atoms with Crippen molar-refractivity contribution in [3.05, 3.63) is 65.2 Å². The predicted octanol–water partition coefficient (Wildman–Crippen LogP) is 2.92. The van der Waals surface area contributed by atoms with Crippen LogP contribution in [0.4, 0.5) is 5.69 Å². The van der Waals surface area contributed by atoms with Crippen LogP contribution in [0.2, 0.25) is 0 Å². The third-order valence-electron chi connectivity index (χ3n) is 3.19. The number of amidine groups is 1. The lowest BCUT2D eigenvalue weighted by Gasteiger charge is -2.21.